The van der Waals surface area contributed by atoms with Crippen molar-refractivity contribution >= 4 is 58.2 Å². The lowest BCUT2D eigenvalue weighted by Crippen LogP contribution is -2.27. The van der Waals surface area contributed by atoms with Crippen LogP contribution in [0.3, 0.4) is 0 Å². The molecule has 34 heavy (non-hydrogen) atoms. The van der Waals surface area contributed by atoms with Crippen LogP contribution < -0.4 is 16.4 Å². The second-order valence-electron chi connectivity index (χ2n) is 7.00. The number of nitrogen functional groups attached to an aromatic ring is 1. The van der Waals surface area contributed by atoms with E-state index in [2.05, 4.69) is 15.6 Å². The van der Waals surface area contributed by atoms with Crippen molar-refractivity contribution in [3.8, 4) is 11.1 Å². The SMILES string of the molecule is CCSCCNC(=O)c1ncc(NC(=O)c2cc(F)c(-c3ccc(F)cc3N)cc2Cl)cc1Cl. The highest BCUT2D eigenvalue weighted by molar-refractivity contribution is 7.99. The van der Waals surface area contributed by atoms with Crippen molar-refractivity contribution < 1.29 is 18.4 Å². The number of benzene rings is 2. The highest BCUT2D eigenvalue weighted by Crippen LogP contribution is 2.33. The molecule has 0 atom stereocenters. The van der Waals surface area contributed by atoms with Gasteiger partial charge in [0, 0.05) is 29.1 Å². The lowest BCUT2D eigenvalue weighted by atomic mass is 10.0. The van der Waals surface area contributed by atoms with Gasteiger partial charge in [0.1, 0.15) is 17.3 Å². The summed E-state index contributed by atoms with van der Waals surface area (Å²) in [4.78, 5) is 28.9. The fraction of sp³-hybridized carbons (Fsp3) is 0.174. The molecular weight excluding hydrogens is 505 g/mol. The maximum Gasteiger partial charge on any atom is 0.271 e. The van der Waals surface area contributed by atoms with Gasteiger partial charge in [0.25, 0.3) is 11.8 Å². The Morgan fingerprint density at radius 3 is 2.50 bits per heavy atom. The summed E-state index contributed by atoms with van der Waals surface area (Å²) in [7, 11) is 0. The summed E-state index contributed by atoms with van der Waals surface area (Å²) >= 11 is 14.1. The average molecular weight is 525 g/mol. The molecular formula is C23H20Cl2F2N4O2S. The van der Waals surface area contributed by atoms with Gasteiger partial charge in [-0.25, -0.2) is 13.8 Å². The van der Waals surface area contributed by atoms with Gasteiger partial charge in [0.2, 0.25) is 0 Å². The van der Waals surface area contributed by atoms with Crippen LogP contribution in [0.1, 0.15) is 27.8 Å². The molecule has 1 heterocycles. The fourth-order valence-electron chi connectivity index (χ4n) is 3.04. The number of halogens is 4. The van der Waals surface area contributed by atoms with E-state index < -0.39 is 23.4 Å². The number of rotatable bonds is 8. The van der Waals surface area contributed by atoms with Crippen LogP contribution in [0.4, 0.5) is 20.2 Å². The van der Waals surface area contributed by atoms with E-state index in [1.807, 2.05) is 6.92 Å². The zero-order valence-electron chi connectivity index (χ0n) is 17.9. The van der Waals surface area contributed by atoms with Crippen molar-refractivity contribution in [1.82, 2.24) is 10.3 Å². The molecule has 3 aromatic rings. The van der Waals surface area contributed by atoms with E-state index in [-0.39, 0.29) is 43.8 Å². The quantitative estimate of drug-likeness (QED) is 0.261. The van der Waals surface area contributed by atoms with E-state index in [1.165, 1.54) is 24.4 Å². The lowest BCUT2D eigenvalue weighted by molar-refractivity contribution is 0.0951. The number of aromatic nitrogens is 1. The predicted octanol–water partition coefficient (Wildman–Crippen LogP) is 5.65. The first-order chi connectivity index (χ1) is 16.2. The molecule has 0 aliphatic carbocycles. The van der Waals surface area contributed by atoms with Gasteiger partial charge in [0.05, 0.1) is 27.5 Å². The number of thioether (sulfide) groups is 1. The number of carbonyl (C=O) groups excluding carboxylic acids is 2. The van der Waals surface area contributed by atoms with E-state index in [0.29, 0.717) is 6.54 Å². The highest BCUT2D eigenvalue weighted by atomic mass is 35.5. The molecule has 0 fully saturated rings. The molecule has 0 radical (unpaired) electrons. The third-order valence-corrected chi connectivity index (χ3v) is 6.16. The molecule has 2 aromatic carbocycles. The van der Waals surface area contributed by atoms with Gasteiger partial charge in [-0.05, 0) is 42.2 Å². The normalized spacial score (nSPS) is 10.7. The van der Waals surface area contributed by atoms with Crippen LogP contribution in [-0.2, 0) is 0 Å². The predicted molar refractivity (Wildman–Crippen MR) is 134 cm³/mol. The average Bonchev–Trinajstić information content (AvgIpc) is 2.78. The maximum atomic E-state index is 14.8. The highest BCUT2D eigenvalue weighted by Gasteiger charge is 2.19. The Balaban J connectivity index is 1.76. The Morgan fingerprint density at radius 1 is 1.06 bits per heavy atom. The summed E-state index contributed by atoms with van der Waals surface area (Å²) in [5.41, 5.74) is 6.14. The maximum absolute atomic E-state index is 14.8. The molecule has 0 saturated carbocycles. The standard InChI is InChI=1S/C23H20Cl2F2N4O2S/c1-2-34-6-5-29-23(33)21-18(25)8-13(11-30-21)31-22(32)16-10-19(27)15(9-17(16)24)14-4-3-12(26)7-20(14)28/h3-4,7-11H,2,5-6,28H2,1H3,(H,29,33)(H,31,32). The van der Waals surface area contributed by atoms with Crippen molar-refractivity contribution in [2.24, 2.45) is 0 Å². The fourth-order valence-corrected chi connectivity index (χ4v) is 4.08. The van der Waals surface area contributed by atoms with E-state index in [9.17, 15) is 18.4 Å². The van der Waals surface area contributed by atoms with Crippen LogP contribution >= 0.6 is 35.0 Å². The minimum absolute atomic E-state index is 0.0199. The van der Waals surface area contributed by atoms with Gasteiger partial charge in [0.15, 0.2) is 0 Å². The number of anilines is 2. The zero-order valence-corrected chi connectivity index (χ0v) is 20.3. The van der Waals surface area contributed by atoms with Crippen molar-refractivity contribution in [3.05, 3.63) is 75.5 Å². The van der Waals surface area contributed by atoms with Crippen molar-refractivity contribution in [3.63, 3.8) is 0 Å². The number of nitrogens with two attached hydrogens (primary N) is 1. The Bertz CT molecular complexity index is 1240. The Hall–Kier alpha value is -2.88. The molecule has 0 aliphatic heterocycles. The van der Waals surface area contributed by atoms with Gasteiger partial charge in [-0.15, -0.1) is 0 Å². The van der Waals surface area contributed by atoms with Crippen LogP contribution in [0.15, 0.2) is 42.6 Å². The third kappa shape index (κ3) is 6.16. The number of nitrogens with one attached hydrogen (secondary N) is 2. The van der Waals surface area contributed by atoms with Crippen molar-refractivity contribution in [2.45, 2.75) is 6.92 Å². The minimum Gasteiger partial charge on any atom is -0.398 e. The number of pyridine rings is 1. The van der Waals surface area contributed by atoms with Crippen molar-refractivity contribution in [2.75, 3.05) is 29.1 Å². The summed E-state index contributed by atoms with van der Waals surface area (Å²) < 4.78 is 28.1. The molecule has 0 bridgehead atoms. The first kappa shape index (κ1) is 25.7. The van der Waals surface area contributed by atoms with Gasteiger partial charge >= 0.3 is 0 Å². The molecule has 11 heteroatoms. The summed E-state index contributed by atoms with van der Waals surface area (Å²) in [6, 6.07) is 7.09. The number of nitrogens with zero attached hydrogens (tertiary/aromatic N) is 1. The van der Waals surface area contributed by atoms with Crippen LogP contribution in [0.5, 0.6) is 0 Å². The minimum atomic E-state index is -0.766. The first-order valence-corrected chi connectivity index (χ1v) is 12.0. The third-order valence-electron chi connectivity index (χ3n) is 4.66. The molecule has 0 aliphatic rings. The largest absolute Gasteiger partial charge is 0.398 e. The molecule has 1 aromatic heterocycles. The number of hydrogen-bond donors (Lipinski definition) is 3. The van der Waals surface area contributed by atoms with E-state index in [0.717, 1.165) is 29.7 Å². The van der Waals surface area contributed by atoms with Crippen LogP contribution in [0, 0.1) is 11.6 Å². The number of amides is 2. The summed E-state index contributed by atoms with van der Waals surface area (Å²) in [5.74, 6) is -0.764. The molecule has 4 N–H and O–H groups in total. The molecule has 0 saturated heterocycles. The van der Waals surface area contributed by atoms with E-state index >= 15 is 0 Å². The second-order valence-corrected chi connectivity index (χ2v) is 9.21. The van der Waals surface area contributed by atoms with E-state index in [4.69, 9.17) is 28.9 Å². The Kier molecular flexibility index (Phi) is 8.71. The summed E-state index contributed by atoms with van der Waals surface area (Å²) in [6.45, 7) is 2.49. The molecule has 178 valence electrons. The van der Waals surface area contributed by atoms with Gasteiger partial charge in [-0.3, -0.25) is 9.59 Å². The molecule has 6 nitrogen and oxygen atoms in total. The Labute approximate surface area is 209 Å². The topological polar surface area (TPSA) is 97.1 Å². The van der Waals surface area contributed by atoms with Crippen molar-refractivity contribution in [1.29, 1.82) is 0 Å². The second kappa shape index (κ2) is 11.5. The number of carbonyl (C=O) groups is 2. The van der Waals surface area contributed by atoms with Crippen LogP contribution in [0.25, 0.3) is 11.1 Å². The monoisotopic (exact) mass is 524 g/mol. The van der Waals surface area contributed by atoms with Crippen LogP contribution in [-0.4, -0.2) is 34.8 Å². The van der Waals surface area contributed by atoms with Gasteiger partial charge < -0.3 is 16.4 Å². The van der Waals surface area contributed by atoms with Gasteiger partial charge in [-0.2, -0.15) is 11.8 Å². The van der Waals surface area contributed by atoms with Gasteiger partial charge in [-0.1, -0.05) is 30.1 Å². The molecule has 0 spiro atoms. The molecule has 0 unspecified atom stereocenters. The van der Waals surface area contributed by atoms with Crippen LogP contribution in [0.2, 0.25) is 10.0 Å². The summed E-state index contributed by atoms with van der Waals surface area (Å²) in [6.07, 6.45) is 1.26. The zero-order chi connectivity index (χ0) is 24.8. The van der Waals surface area contributed by atoms with E-state index in [1.54, 1.807) is 11.8 Å². The molecule has 3 rings (SSSR count). The first-order valence-electron chi connectivity index (χ1n) is 10.1. The Morgan fingerprint density at radius 2 is 1.82 bits per heavy atom. The smallest absolute Gasteiger partial charge is 0.271 e. The number of hydrogen-bond acceptors (Lipinski definition) is 5. The summed E-state index contributed by atoms with van der Waals surface area (Å²) in [5, 5.41) is 5.24. The molecule has 2 amide bonds. The lowest BCUT2D eigenvalue weighted by Gasteiger charge is -2.12.